The van der Waals surface area contributed by atoms with E-state index in [1.807, 2.05) is 0 Å². The highest BCUT2D eigenvalue weighted by Gasteiger charge is 2.55. The van der Waals surface area contributed by atoms with Crippen LogP contribution in [0.1, 0.15) is 25.3 Å². The van der Waals surface area contributed by atoms with E-state index in [4.69, 9.17) is 4.74 Å². The zero-order valence-electron chi connectivity index (χ0n) is 14.4. The molecule has 1 saturated carbocycles. The Kier molecular flexibility index (Phi) is 4.70. The first-order valence-corrected chi connectivity index (χ1v) is 9.40. The predicted octanol–water partition coefficient (Wildman–Crippen LogP) is 2.87. The van der Waals surface area contributed by atoms with Gasteiger partial charge in [0.15, 0.2) is 0 Å². The summed E-state index contributed by atoms with van der Waals surface area (Å²) >= 11 is 0. The van der Waals surface area contributed by atoms with E-state index in [1.165, 1.54) is 44.6 Å². The van der Waals surface area contributed by atoms with Crippen molar-refractivity contribution in [3.05, 3.63) is 35.9 Å². The molecule has 23 heavy (non-hydrogen) atoms. The third-order valence-corrected chi connectivity index (χ3v) is 5.98. The highest BCUT2D eigenvalue weighted by atomic mass is 16.5. The molecule has 0 radical (unpaired) electrons. The van der Waals surface area contributed by atoms with Crippen molar-refractivity contribution < 1.29 is 4.74 Å². The maximum Gasteiger partial charge on any atom is 0.0674 e. The summed E-state index contributed by atoms with van der Waals surface area (Å²) in [5.74, 6) is 2.64. The van der Waals surface area contributed by atoms with Crippen molar-refractivity contribution >= 4 is 0 Å². The van der Waals surface area contributed by atoms with Crippen molar-refractivity contribution in [2.24, 2.45) is 17.8 Å². The normalized spacial score (nSPS) is 32.1. The van der Waals surface area contributed by atoms with Crippen LogP contribution < -0.4 is 0 Å². The van der Waals surface area contributed by atoms with Crippen LogP contribution in [-0.4, -0.2) is 55.2 Å². The summed E-state index contributed by atoms with van der Waals surface area (Å²) in [4.78, 5) is 5.18. The van der Waals surface area contributed by atoms with Crippen molar-refractivity contribution in [1.82, 2.24) is 9.80 Å². The summed E-state index contributed by atoms with van der Waals surface area (Å²) in [7, 11) is 0. The molecule has 0 spiro atoms. The Labute approximate surface area is 140 Å². The molecule has 0 amide bonds. The van der Waals surface area contributed by atoms with Crippen LogP contribution in [0, 0.1) is 17.8 Å². The van der Waals surface area contributed by atoms with Crippen LogP contribution in [0.3, 0.4) is 0 Å². The Bertz CT molecular complexity index is 488. The number of hydrogen-bond donors (Lipinski definition) is 0. The first kappa shape index (κ1) is 15.6. The minimum Gasteiger partial charge on any atom is -0.377 e. The third kappa shape index (κ3) is 3.78. The maximum absolute atomic E-state index is 6.16. The van der Waals surface area contributed by atoms with Gasteiger partial charge in [-0.3, -0.25) is 4.90 Å². The van der Waals surface area contributed by atoms with E-state index >= 15 is 0 Å². The first-order valence-electron chi connectivity index (χ1n) is 9.40. The van der Waals surface area contributed by atoms with Crippen LogP contribution in [0.5, 0.6) is 0 Å². The minimum atomic E-state index is 0.398. The van der Waals surface area contributed by atoms with Crippen LogP contribution in [0.25, 0.3) is 0 Å². The number of piperidine rings is 1. The van der Waals surface area contributed by atoms with Crippen LogP contribution >= 0.6 is 0 Å². The molecule has 3 nitrogen and oxygen atoms in total. The van der Waals surface area contributed by atoms with Gasteiger partial charge in [-0.2, -0.15) is 0 Å². The molecule has 3 heteroatoms. The Morgan fingerprint density at radius 2 is 1.74 bits per heavy atom. The molecule has 2 saturated heterocycles. The molecule has 0 bridgehead atoms. The Morgan fingerprint density at radius 3 is 2.43 bits per heavy atom. The van der Waals surface area contributed by atoms with Gasteiger partial charge in [0.05, 0.1) is 12.7 Å². The molecule has 3 fully saturated rings. The van der Waals surface area contributed by atoms with E-state index < -0.39 is 0 Å². The third-order valence-electron chi connectivity index (χ3n) is 5.98. The number of fused-ring (bicyclic) bond motifs is 1. The Morgan fingerprint density at radius 1 is 1.04 bits per heavy atom. The van der Waals surface area contributed by atoms with Crippen molar-refractivity contribution in [2.75, 3.05) is 39.3 Å². The lowest BCUT2D eigenvalue weighted by Crippen LogP contribution is -2.31. The average molecular weight is 314 g/mol. The summed E-state index contributed by atoms with van der Waals surface area (Å²) in [6.45, 7) is 10.6. The highest BCUT2D eigenvalue weighted by molar-refractivity contribution is 5.16. The van der Waals surface area contributed by atoms with Gasteiger partial charge >= 0.3 is 0 Å². The summed E-state index contributed by atoms with van der Waals surface area (Å²) in [6.07, 6.45) is 3.14. The van der Waals surface area contributed by atoms with Gasteiger partial charge in [-0.05, 0) is 56.2 Å². The summed E-state index contributed by atoms with van der Waals surface area (Å²) in [5.41, 5.74) is 1.45. The lowest BCUT2D eigenvalue weighted by Gasteiger charge is -2.22. The van der Waals surface area contributed by atoms with Crippen LogP contribution in [0.2, 0.25) is 0 Å². The summed E-state index contributed by atoms with van der Waals surface area (Å²) in [5, 5.41) is 0. The fraction of sp³-hybridized carbons (Fsp3) is 0.700. The van der Waals surface area contributed by atoms with E-state index in [9.17, 15) is 0 Å². The second-order valence-electron chi connectivity index (χ2n) is 7.82. The van der Waals surface area contributed by atoms with Gasteiger partial charge in [-0.1, -0.05) is 30.3 Å². The van der Waals surface area contributed by atoms with E-state index in [0.29, 0.717) is 6.10 Å². The van der Waals surface area contributed by atoms with Crippen molar-refractivity contribution in [2.45, 2.75) is 32.4 Å². The van der Waals surface area contributed by atoms with Gasteiger partial charge < -0.3 is 9.64 Å². The number of rotatable bonds is 7. The van der Waals surface area contributed by atoms with Crippen LogP contribution in [0.4, 0.5) is 0 Å². The van der Waals surface area contributed by atoms with Gasteiger partial charge in [-0.15, -0.1) is 0 Å². The van der Waals surface area contributed by atoms with Crippen molar-refractivity contribution in [3.63, 3.8) is 0 Å². The molecule has 1 aromatic carbocycles. The number of benzene rings is 1. The molecule has 0 aromatic heterocycles. The second-order valence-corrected chi connectivity index (χ2v) is 7.82. The highest BCUT2D eigenvalue weighted by Crippen LogP contribution is 2.52. The lowest BCUT2D eigenvalue weighted by molar-refractivity contribution is 0.0295. The van der Waals surface area contributed by atoms with Gasteiger partial charge in [0.2, 0.25) is 0 Å². The molecule has 3 atom stereocenters. The predicted molar refractivity (Wildman–Crippen MR) is 93.3 cm³/mol. The van der Waals surface area contributed by atoms with Crippen LogP contribution in [-0.2, 0) is 11.3 Å². The molecule has 126 valence electrons. The molecular formula is C20H30N2O. The molecule has 3 unspecified atom stereocenters. The molecular weight excluding hydrogens is 284 g/mol. The Balaban J connectivity index is 1.15. The quantitative estimate of drug-likeness (QED) is 0.770. The molecule has 2 heterocycles. The lowest BCUT2D eigenvalue weighted by atomic mass is 10.2. The number of nitrogens with zero attached hydrogens (tertiary/aromatic N) is 2. The number of ether oxygens (including phenoxy) is 1. The minimum absolute atomic E-state index is 0.398. The summed E-state index contributed by atoms with van der Waals surface area (Å²) in [6, 6.07) is 10.9. The van der Waals surface area contributed by atoms with Gasteiger partial charge in [0, 0.05) is 26.2 Å². The van der Waals surface area contributed by atoms with Gasteiger partial charge in [0.25, 0.3) is 0 Å². The van der Waals surface area contributed by atoms with E-state index in [1.54, 1.807) is 0 Å². The van der Waals surface area contributed by atoms with Gasteiger partial charge in [-0.25, -0.2) is 0 Å². The monoisotopic (exact) mass is 314 g/mol. The number of likely N-dealkylation sites (tertiary alicyclic amines) is 2. The topological polar surface area (TPSA) is 15.7 Å². The second kappa shape index (κ2) is 6.92. The van der Waals surface area contributed by atoms with Crippen LogP contribution in [0.15, 0.2) is 30.3 Å². The maximum atomic E-state index is 6.16. The summed E-state index contributed by atoms with van der Waals surface area (Å²) < 4.78 is 6.16. The zero-order chi connectivity index (χ0) is 15.6. The number of hydrogen-bond acceptors (Lipinski definition) is 3. The smallest absolute Gasteiger partial charge is 0.0674 e. The fourth-order valence-electron chi connectivity index (χ4n) is 4.61. The fourth-order valence-corrected chi connectivity index (χ4v) is 4.61. The molecule has 3 aliphatic rings. The standard InChI is InChI=1S/C20H30N2O/c1-16(11-21-9-5-6-10-21)23-15-20-18-13-22(14-19(18)20)12-17-7-3-2-4-8-17/h2-4,7-8,16,18-20H,5-6,9-15H2,1H3. The average Bonchev–Trinajstić information content (AvgIpc) is 2.95. The van der Waals surface area contributed by atoms with Gasteiger partial charge in [0.1, 0.15) is 0 Å². The largest absolute Gasteiger partial charge is 0.377 e. The SMILES string of the molecule is CC(CN1CCCC1)OCC1C2CN(Cc3ccccc3)CC12. The van der Waals surface area contributed by atoms with Crippen molar-refractivity contribution in [1.29, 1.82) is 0 Å². The molecule has 1 aliphatic carbocycles. The molecule has 2 aliphatic heterocycles. The van der Waals surface area contributed by atoms with E-state index in [2.05, 4.69) is 47.1 Å². The molecule has 4 rings (SSSR count). The molecule has 1 aromatic rings. The molecule has 0 N–H and O–H groups in total. The Hall–Kier alpha value is -0.900. The van der Waals surface area contributed by atoms with E-state index in [0.717, 1.165) is 37.5 Å². The van der Waals surface area contributed by atoms with Crippen molar-refractivity contribution in [3.8, 4) is 0 Å². The van der Waals surface area contributed by atoms with E-state index in [-0.39, 0.29) is 0 Å². The first-order chi connectivity index (χ1) is 11.3. The zero-order valence-corrected chi connectivity index (χ0v) is 14.4.